The Morgan fingerprint density at radius 3 is 2.67 bits per heavy atom. The summed E-state index contributed by atoms with van der Waals surface area (Å²) >= 11 is 1.66. The summed E-state index contributed by atoms with van der Waals surface area (Å²) in [5.41, 5.74) is 3.05. The van der Waals surface area contributed by atoms with Crippen molar-refractivity contribution in [2.75, 3.05) is 14.2 Å². The van der Waals surface area contributed by atoms with E-state index >= 15 is 0 Å². The SMILES string of the molecule is COc1ccc(OC)c(C=Nc2sc3c(c2C#N)CC[C@H](C(C)(C)C)C3)c1. The molecule has 0 spiro atoms. The average molecular weight is 383 g/mol. The third kappa shape index (κ3) is 4.01. The Kier molecular flexibility index (Phi) is 5.57. The van der Waals surface area contributed by atoms with Gasteiger partial charge in [0.2, 0.25) is 0 Å². The molecule has 1 aromatic carbocycles. The molecule has 5 heteroatoms. The fourth-order valence-electron chi connectivity index (χ4n) is 3.59. The van der Waals surface area contributed by atoms with E-state index in [1.807, 2.05) is 18.2 Å². The van der Waals surface area contributed by atoms with E-state index in [2.05, 4.69) is 31.8 Å². The highest BCUT2D eigenvalue weighted by Gasteiger charge is 2.32. The van der Waals surface area contributed by atoms with Gasteiger partial charge >= 0.3 is 0 Å². The van der Waals surface area contributed by atoms with Crippen molar-refractivity contribution in [1.82, 2.24) is 0 Å². The first kappa shape index (κ1) is 19.4. The normalized spacial score (nSPS) is 16.8. The highest BCUT2D eigenvalue weighted by molar-refractivity contribution is 7.16. The highest BCUT2D eigenvalue weighted by Crippen LogP contribution is 2.45. The lowest BCUT2D eigenvalue weighted by Gasteiger charge is -2.33. The molecule has 0 N–H and O–H groups in total. The van der Waals surface area contributed by atoms with Crippen LogP contribution < -0.4 is 9.47 Å². The molecule has 4 nitrogen and oxygen atoms in total. The molecular weight excluding hydrogens is 356 g/mol. The van der Waals surface area contributed by atoms with Gasteiger partial charge in [0.15, 0.2) is 0 Å². The van der Waals surface area contributed by atoms with Gasteiger partial charge in [-0.15, -0.1) is 11.3 Å². The maximum absolute atomic E-state index is 9.71. The van der Waals surface area contributed by atoms with E-state index in [0.717, 1.165) is 46.9 Å². The summed E-state index contributed by atoms with van der Waals surface area (Å²) in [5.74, 6) is 2.12. The Hall–Kier alpha value is -2.32. The Labute approximate surface area is 165 Å². The Morgan fingerprint density at radius 2 is 2.04 bits per heavy atom. The van der Waals surface area contributed by atoms with E-state index < -0.39 is 0 Å². The van der Waals surface area contributed by atoms with Crippen molar-refractivity contribution < 1.29 is 9.47 Å². The molecule has 0 amide bonds. The standard InChI is InChI=1S/C22H26N2O2S/c1-22(2,3)15-6-8-17-18(12-23)21(27-20(17)11-15)24-13-14-10-16(25-4)7-9-19(14)26-5/h7,9-10,13,15H,6,8,11H2,1-5H3/t15-/m0/s1. The molecule has 2 aromatic rings. The summed E-state index contributed by atoms with van der Waals surface area (Å²) in [6.45, 7) is 6.90. The van der Waals surface area contributed by atoms with Crippen molar-refractivity contribution in [2.45, 2.75) is 40.0 Å². The van der Waals surface area contributed by atoms with Gasteiger partial charge in [-0.3, -0.25) is 0 Å². The van der Waals surface area contributed by atoms with Crippen LogP contribution in [0.1, 0.15) is 48.8 Å². The molecule has 0 radical (unpaired) electrons. The summed E-state index contributed by atoms with van der Waals surface area (Å²) < 4.78 is 10.7. The van der Waals surface area contributed by atoms with Gasteiger partial charge in [0.05, 0.1) is 19.8 Å². The van der Waals surface area contributed by atoms with E-state index in [-0.39, 0.29) is 5.41 Å². The first-order valence-electron chi connectivity index (χ1n) is 9.18. The van der Waals surface area contributed by atoms with Gasteiger partial charge in [0.25, 0.3) is 0 Å². The van der Waals surface area contributed by atoms with E-state index in [1.165, 1.54) is 10.4 Å². The predicted molar refractivity (Wildman–Crippen MR) is 111 cm³/mol. The minimum atomic E-state index is 0.284. The predicted octanol–water partition coefficient (Wildman–Crippen LogP) is 5.54. The molecule has 0 aliphatic heterocycles. The number of fused-ring (bicyclic) bond motifs is 1. The fraction of sp³-hybridized carbons (Fsp3) is 0.455. The number of benzene rings is 1. The van der Waals surface area contributed by atoms with Crippen molar-refractivity contribution >= 4 is 22.6 Å². The maximum Gasteiger partial charge on any atom is 0.134 e. The molecule has 1 aromatic heterocycles. The van der Waals surface area contributed by atoms with Crippen LogP contribution in [0.3, 0.4) is 0 Å². The molecule has 1 aliphatic carbocycles. The quantitative estimate of drug-likeness (QED) is 0.653. The van der Waals surface area contributed by atoms with Crippen LogP contribution in [0.15, 0.2) is 23.2 Å². The zero-order valence-corrected chi connectivity index (χ0v) is 17.4. The van der Waals surface area contributed by atoms with Crippen LogP contribution in [-0.4, -0.2) is 20.4 Å². The van der Waals surface area contributed by atoms with Crippen LogP contribution >= 0.6 is 11.3 Å². The fourth-order valence-corrected chi connectivity index (χ4v) is 4.81. The Bertz CT molecular complexity index is 900. The third-order valence-electron chi connectivity index (χ3n) is 5.34. The largest absolute Gasteiger partial charge is 0.497 e. The van der Waals surface area contributed by atoms with Gasteiger partial charge in [-0.25, -0.2) is 4.99 Å². The molecule has 1 aliphatic rings. The molecule has 0 unspecified atom stereocenters. The maximum atomic E-state index is 9.71. The van der Waals surface area contributed by atoms with E-state index in [0.29, 0.717) is 5.92 Å². The lowest BCUT2D eigenvalue weighted by atomic mass is 9.72. The second-order valence-electron chi connectivity index (χ2n) is 7.97. The molecular formula is C22H26N2O2S. The number of ether oxygens (including phenoxy) is 2. The summed E-state index contributed by atoms with van der Waals surface area (Å²) in [4.78, 5) is 5.98. The third-order valence-corrected chi connectivity index (χ3v) is 6.50. The second kappa shape index (κ2) is 7.74. The van der Waals surface area contributed by atoms with Crippen molar-refractivity contribution in [3.05, 3.63) is 39.8 Å². The lowest BCUT2D eigenvalue weighted by molar-refractivity contribution is 0.218. The second-order valence-corrected chi connectivity index (χ2v) is 9.05. The van der Waals surface area contributed by atoms with E-state index in [1.54, 1.807) is 31.8 Å². The van der Waals surface area contributed by atoms with Gasteiger partial charge < -0.3 is 9.47 Å². The molecule has 3 rings (SSSR count). The van der Waals surface area contributed by atoms with Crippen LogP contribution in [0.2, 0.25) is 0 Å². The Morgan fingerprint density at radius 1 is 1.26 bits per heavy atom. The van der Waals surface area contributed by atoms with Crippen LogP contribution in [0.25, 0.3) is 0 Å². The number of hydrogen-bond acceptors (Lipinski definition) is 5. The topological polar surface area (TPSA) is 54.6 Å². The number of methoxy groups -OCH3 is 2. The van der Waals surface area contributed by atoms with E-state index in [9.17, 15) is 5.26 Å². The van der Waals surface area contributed by atoms with Crippen LogP contribution in [0, 0.1) is 22.7 Å². The molecule has 0 bridgehead atoms. The van der Waals surface area contributed by atoms with Gasteiger partial charge in [-0.1, -0.05) is 20.8 Å². The van der Waals surface area contributed by atoms with Crippen LogP contribution in [-0.2, 0) is 12.8 Å². The Balaban J connectivity index is 1.94. The van der Waals surface area contributed by atoms with Crippen molar-refractivity contribution in [3.8, 4) is 17.6 Å². The summed E-state index contributed by atoms with van der Waals surface area (Å²) in [6, 6.07) is 7.99. The number of nitrogens with zero attached hydrogens (tertiary/aromatic N) is 2. The van der Waals surface area contributed by atoms with Crippen molar-refractivity contribution in [1.29, 1.82) is 5.26 Å². The molecule has 27 heavy (non-hydrogen) atoms. The highest BCUT2D eigenvalue weighted by atomic mass is 32.1. The number of aliphatic imine (C=N–C) groups is 1. The first-order valence-corrected chi connectivity index (χ1v) is 9.99. The minimum absolute atomic E-state index is 0.284. The summed E-state index contributed by atoms with van der Waals surface area (Å²) in [5, 5.41) is 10.5. The molecule has 0 fully saturated rings. The zero-order valence-electron chi connectivity index (χ0n) is 16.6. The van der Waals surface area contributed by atoms with Gasteiger partial charge in [0.1, 0.15) is 22.6 Å². The zero-order chi connectivity index (χ0) is 19.6. The number of hydrogen-bond donors (Lipinski definition) is 0. The average Bonchev–Trinajstić information content (AvgIpc) is 3.01. The molecule has 0 saturated heterocycles. The van der Waals surface area contributed by atoms with Crippen LogP contribution in [0.5, 0.6) is 11.5 Å². The summed E-state index contributed by atoms with van der Waals surface area (Å²) in [7, 11) is 3.27. The van der Waals surface area contributed by atoms with Crippen molar-refractivity contribution in [3.63, 3.8) is 0 Å². The van der Waals surface area contributed by atoms with Gasteiger partial charge in [-0.2, -0.15) is 5.26 Å². The van der Waals surface area contributed by atoms with Crippen molar-refractivity contribution in [2.24, 2.45) is 16.3 Å². The smallest absolute Gasteiger partial charge is 0.134 e. The first-order chi connectivity index (χ1) is 12.9. The number of rotatable bonds is 4. The molecule has 0 saturated carbocycles. The molecule has 1 heterocycles. The summed E-state index contributed by atoms with van der Waals surface area (Å²) in [6.07, 6.45) is 4.90. The van der Waals surface area contributed by atoms with E-state index in [4.69, 9.17) is 9.47 Å². The van der Waals surface area contributed by atoms with Gasteiger partial charge in [0, 0.05) is 16.7 Å². The lowest BCUT2D eigenvalue weighted by Crippen LogP contribution is -2.26. The minimum Gasteiger partial charge on any atom is -0.497 e. The van der Waals surface area contributed by atoms with Gasteiger partial charge in [-0.05, 0) is 54.4 Å². The monoisotopic (exact) mass is 382 g/mol. The number of thiophene rings is 1. The molecule has 1 atom stereocenters. The number of nitriles is 1. The van der Waals surface area contributed by atoms with Crippen LogP contribution in [0.4, 0.5) is 5.00 Å². The molecule has 142 valence electrons.